The Bertz CT molecular complexity index is 3540. The Morgan fingerprint density at radius 1 is 0.387 bits per heavy atom. The van der Waals surface area contributed by atoms with E-state index in [9.17, 15) is 0 Å². The normalized spacial score (nSPS) is 12.8. The average molecular weight is 812 g/mol. The molecule has 12 rings (SSSR count). The molecular formula is C56H37N5S. The highest BCUT2D eigenvalue weighted by molar-refractivity contribution is 7.00. The van der Waals surface area contributed by atoms with Crippen LogP contribution in [-0.4, -0.2) is 23.7 Å². The summed E-state index contributed by atoms with van der Waals surface area (Å²) in [5.41, 5.74) is 19.5. The van der Waals surface area contributed by atoms with Gasteiger partial charge in [0, 0.05) is 43.8 Å². The van der Waals surface area contributed by atoms with Crippen molar-refractivity contribution in [1.29, 1.82) is 0 Å². The highest BCUT2D eigenvalue weighted by Gasteiger charge is 2.35. The number of rotatable bonds is 6. The minimum Gasteiger partial charge on any atom is -0.247 e. The summed E-state index contributed by atoms with van der Waals surface area (Å²) >= 11 is 1.25. The van der Waals surface area contributed by atoms with Crippen LogP contribution in [0.3, 0.4) is 0 Å². The summed E-state index contributed by atoms with van der Waals surface area (Å²) in [6.45, 7) is 4.66. The zero-order chi connectivity index (χ0) is 41.4. The fraction of sp³-hybridized carbons (Fsp3) is 0.0536. The van der Waals surface area contributed by atoms with Gasteiger partial charge < -0.3 is 0 Å². The molecule has 0 spiro atoms. The molecule has 3 aromatic heterocycles. The van der Waals surface area contributed by atoms with E-state index >= 15 is 0 Å². The first kappa shape index (κ1) is 36.2. The van der Waals surface area contributed by atoms with Crippen molar-refractivity contribution in [1.82, 2.24) is 23.7 Å². The summed E-state index contributed by atoms with van der Waals surface area (Å²) in [4.78, 5) is 15.5. The van der Waals surface area contributed by atoms with Crippen LogP contribution in [-0.2, 0) is 5.41 Å². The molecule has 0 atom stereocenters. The van der Waals surface area contributed by atoms with Gasteiger partial charge >= 0.3 is 0 Å². The maximum absolute atomic E-state index is 5.17. The molecule has 11 aromatic rings. The number of hydrogen-bond donors (Lipinski definition) is 0. The lowest BCUT2D eigenvalue weighted by atomic mass is 9.81. The first-order valence-electron chi connectivity index (χ1n) is 20.9. The molecule has 0 aliphatic heterocycles. The lowest BCUT2D eigenvalue weighted by Crippen LogP contribution is -2.14. The van der Waals surface area contributed by atoms with Gasteiger partial charge in [0.15, 0.2) is 5.82 Å². The van der Waals surface area contributed by atoms with E-state index in [0.29, 0.717) is 5.82 Å². The van der Waals surface area contributed by atoms with E-state index in [1.165, 1.54) is 45.1 Å². The third kappa shape index (κ3) is 5.94. The Labute approximate surface area is 363 Å². The van der Waals surface area contributed by atoms with Gasteiger partial charge in [0.25, 0.3) is 0 Å². The summed E-state index contributed by atoms with van der Waals surface area (Å²) in [5, 5.41) is 3.25. The lowest BCUT2D eigenvalue weighted by Gasteiger charge is -2.22. The van der Waals surface area contributed by atoms with Gasteiger partial charge in [0.05, 0.1) is 34.3 Å². The Balaban J connectivity index is 0.890. The molecular weight excluding hydrogens is 775 g/mol. The van der Waals surface area contributed by atoms with Crippen LogP contribution < -0.4 is 0 Å². The molecule has 5 nitrogen and oxygen atoms in total. The SMILES string of the molecule is CC1(C)c2ccccc2-c2ccc(-c3ccc(-c4cc(-c5cccc(-c6ccc(-c7nc8ccccc8c8c7ccc7nsnc78)cc6)c5)nc(-c5ccccc5)n4)cc3)cc21. The molecule has 0 amide bonds. The predicted molar refractivity (Wildman–Crippen MR) is 256 cm³/mol. The van der Waals surface area contributed by atoms with Crippen molar-refractivity contribution in [2.24, 2.45) is 0 Å². The maximum atomic E-state index is 5.17. The van der Waals surface area contributed by atoms with Gasteiger partial charge in [0.2, 0.25) is 0 Å². The lowest BCUT2D eigenvalue weighted by molar-refractivity contribution is 0.660. The Hall–Kier alpha value is -7.67. The molecule has 0 saturated carbocycles. The van der Waals surface area contributed by atoms with E-state index in [4.69, 9.17) is 19.3 Å². The van der Waals surface area contributed by atoms with Crippen molar-refractivity contribution in [3.63, 3.8) is 0 Å². The summed E-state index contributed by atoms with van der Waals surface area (Å²) < 4.78 is 9.22. The topological polar surface area (TPSA) is 64.5 Å². The summed E-state index contributed by atoms with van der Waals surface area (Å²) in [6, 6.07) is 66.7. The van der Waals surface area contributed by atoms with E-state index in [0.717, 1.165) is 83.2 Å². The molecule has 0 N–H and O–H groups in total. The van der Waals surface area contributed by atoms with Crippen molar-refractivity contribution in [3.8, 4) is 78.5 Å². The fourth-order valence-electron chi connectivity index (χ4n) is 9.36. The fourth-order valence-corrected chi connectivity index (χ4v) is 9.90. The Kier molecular flexibility index (Phi) is 8.31. The average Bonchev–Trinajstić information content (AvgIpc) is 3.91. The molecule has 292 valence electrons. The van der Waals surface area contributed by atoms with Crippen LogP contribution in [0, 0.1) is 0 Å². The van der Waals surface area contributed by atoms with Gasteiger partial charge in [-0.1, -0.05) is 166 Å². The Morgan fingerprint density at radius 2 is 1.02 bits per heavy atom. The minimum absolute atomic E-state index is 0.0492. The highest BCUT2D eigenvalue weighted by Crippen LogP contribution is 2.49. The van der Waals surface area contributed by atoms with Crippen LogP contribution in [0.5, 0.6) is 0 Å². The van der Waals surface area contributed by atoms with Gasteiger partial charge in [-0.3, -0.25) is 0 Å². The van der Waals surface area contributed by atoms with E-state index in [-0.39, 0.29) is 5.41 Å². The van der Waals surface area contributed by atoms with Crippen molar-refractivity contribution in [2.45, 2.75) is 19.3 Å². The second kappa shape index (κ2) is 14.2. The van der Waals surface area contributed by atoms with Crippen molar-refractivity contribution in [3.05, 3.63) is 199 Å². The van der Waals surface area contributed by atoms with Crippen LogP contribution in [0.1, 0.15) is 25.0 Å². The molecule has 0 fully saturated rings. The second-order valence-electron chi connectivity index (χ2n) is 16.6. The standard InChI is InChI=1S/C56H37N5S/c1-56(2)46-17-8-6-15-42(46)43-28-27-40(32-47(43)56)35-19-23-36(24-20-35)50-33-51(59-55(58-50)38-11-4-3-5-12-38)41-14-10-13-39(31-41)34-21-25-37(26-22-34)53-45-29-30-49-54(61-62-60-49)52(45)44-16-7-9-18-48(44)57-53/h3-33H,1-2H3. The van der Waals surface area contributed by atoms with Crippen LogP contribution >= 0.6 is 11.7 Å². The first-order valence-corrected chi connectivity index (χ1v) is 21.6. The molecule has 3 heterocycles. The zero-order valence-corrected chi connectivity index (χ0v) is 34.9. The quantitative estimate of drug-likeness (QED) is 0.157. The van der Waals surface area contributed by atoms with Gasteiger partial charge in [-0.25, -0.2) is 15.0 Å². The van der Waals surface area contributed by atoms with Crippen molar-refractivity contribution >= 4 is 44.4 Å². The van der Waals surface area contributed by atoms with Crippen molar-refractivity contribution < 1.29 is 0 Å². The number of fused-ring (bicyclic) bond motifs is 8. The molecule has 0 radical (unpaired) electrons. The molecule has 6 heteroatoms. The summed E-state index contributed by atoms with van der Waals surface area (Å²) in [7, 11) is 0. The summed E-state index contributed by atoms with van der Waals surface area (Å²) in [6.07, 6.45) is 0. The smallest absolute Gasteiger partial charge is 0.160 e. The van der Waals surface area contributed by atoms with Gasteiger partial charge in [-0.15, -0.1) is 0 Å². The molecule has 1 aliphatic rings. The molecule has 0 saturated heterocycles. The van der Waals surface area contributed by atoms with Gasteiger partial charge in [0.1, 0.15) is 11.0 Å². The molecule has 8 aromatic carbocycles. The van der Waals surface area contributed by atoms with Crippen LogP contribution in [0.15, 0.2) is 188 Å². The van der Waals surface area contributed by atoms with E-state index in [2.05, 4.69) is 176 Å². The number of nitrogens with zero attached hydrogens (tertiary/aromatic N) is 5. The third-order valence-corrected chi connectivity index (χ3v) is 13.1. The summed E-state index contributed by atoms with van der Waals surface area (Å²) in [5.74, 6) is 0.693. The number of para-hydroxylation sites is 1. The number of pyridine rings is 1. The predicted octanol–water partition coefficient (Wildman–Crippen LogP) is 14.5. The van der Waals surface area contributed by atoms with Crippen LogP contribution in [0.2, 0.25) is 0 Å². The highest BCUT2D eigenvalue weighted by atomic mass is 32.1. The van der Waals surface area contributed by atoms with E-state index in [1.807, 2.05) is 30.3 Å². The van der Waals surface area contributed by atoms with Crippen LogP contribution in [0.4, 0.5) is 0 Å². The Morgan fingerprint density at radius 3 is 1.84 bits per heavy atom. The zero-order valence-electron chi connectivity index (χ0n) is 34.0. The molecule has 0 unspecified atom stereocenters. The molecule has 1 aliphatic carbocycles. The van der Waals surface area contributed by atoms with Crippen LogP contribution in [0.25, 0.3) is 111 Å². The number of aromatic nitrogens is 5. The number of hydrogen-bond acceptors (Lipinski definition) is 6. The monoisotopic (exact) mass is 811 g/mol. The van der Waals surface area contributed by atoms with Crippen molar-refractivity contribution in [2.75, 3.05) is 0 Å². The van der Waals surface area contributed by atoms with Gasteiger partial charge in [-0.2, -0.15) is 8.75 Å². The minimum atomic E-state index is -0.0492. The largest absolute Gasteiger partial charge is 0.247 e. The molecule has 0 bridgehead atoms. The van der Waals surface area contributed by atoms with Gasteiger partial charge in [-0.05, 0) is 80.9 Å². The third-order valence-electron chi connectivity index (χ3n) is 12.6. The number of benzene rings is 8. The maximum Gasteiger partial charge on any atom is 0.160 e. The van der Waals surface area contributed by atoms with E-state index in [1.54, 1.807) is 0 Å². The second-order valence-corrected chi connectivity index (χ2v) is 17.1. The van der Waals surface area contributed by atoms with E-state index < -0.39 is 0 Å². The molecule has 62 heavy (non-hydrogen) atoms. The first-order chi connectivity index (χ1) is 30.5.